The van der Waals surface area contributed by atoms with Crippen molar-refractivity contribution < 1.29 is 62.6 Å². The Morgan fingerprint density at radius 2 is 1.00 bits per heavy atom. The van der Waals surface area contributed by atoms with E-state index in [1.807, 2.05) is 0 Å². The molecule has 0 saturated heterocycles. The third-order valence-corrected chi connectivity index (χ3v) is 3.84. The fourth-order valence-electron chi connectivity index (χ4n) is 0.826. The Bertz CT molecular complexity index is 624. The van der Waals surface area contributed by atoms with Crippen molar-refractivity contribution in [3.8, 4) is 0 Å². The normalized spacial score (nSPS) is 13.4. The van der Waals surface area contributed by atoms with E-state index in [9.17, 15) is 44.0 Å². The Kier molecular flexibility index (Phi) is 7.10. The maximum Gasteiger partial charge on any atom is 0.402 e. The fourth-order valence-corrected chi connectivity index (χ4v) is 1.24. The molecule has 0 atom stereocenters. The molecule has 0 aromatic carbocycles. The zero-order valence-electron chi connectivity index (χ0n) is 11.3. The van der Waals surface area contributed by atoms with Crippen LogP contribution in [0.15, 0.2) is 0 Å². The summed E-state index contributed by atoms with van der Waals surface area (Å²) in [4.78, 5) is 21.9. The molecule has 0 aromatic rings. The average molecular weight is 406 g/mol. The number of ether oxygens (including phenoxy) is 2. The average Bonchev–Trinajstić information content (AvgIpc) is 2.38. The van der Waals surface area contributed by atoms with Crippen molar-refractivity contribution in [3.05, 3.63) is 0 Å². The lowest BCUT2D eigenvalue weighted by Gasteiger charge is -2.14. The first-order chi connectivity index (χ1) is 10.5. The smallest absolute Gasteiger partial charge is 0.402 e. The summed E-state index contributed by atoms with van der Waals surface area (Å²) in [7, 11) is -11.7. The second-order valence-corrected chi connectivity index (χ2v) is 7.14. The van der Waals surface area contributed by atoms with Crippen molar-refractivity contribution in [2.45, 2.75) is 23.4 Å². The molecule has 0 aliphatic heterocycles. The van der Waals surface area contributed by atoms with Crippen LogP contribution in [0.4, 0.5) is 17.6 Å². The van der Waals surface area contributed by atoms with Gasteiger partial charge in [-0.25, -0.2) is 0 Å². The minimum Gasteiger partial charge on any atom is -0.458 e. The molecule has 0 heterocycles. The van der Waals surface area contributed by atoms with Gasteiger partial charge in [0.05, 0.1) is 12.8 Å². The number of hydrogen-bond acceptors (Lipinski definition) is 8. The molecule has 0 radical (unpaired) electrons. The first-order valence-electron chi connectivity index (χ1n) is 5.50. The maximum absolute atomic E-state index is 12.7. The van der Waals surface area contributed by atoms with E-state index in [0.717, 1.165) is 0 Å². The van der Waals surface area contributed by atoms with Gasteiger partial charge in [0.15, 0.2) is 13.2 Å². The predicted molar refractivity (Wildman–Crippen MR) is 64.1 cm³/mol. The molecule has 0 amide bonds. The highest BCUT2D eigenvalue weighted by atomic mass is 32.2. The van der Waals surface area contributed by atoms with Gasteiger partial charge < -0.3 is 9.47 Å². The second-order valence-electron chi connectivity index (χ2n) is 4.05. The van der Waals surface area contributed by atoms with Gasteiger partial charge in [-0.1, -0.05) is 0 Å². The van der Waals surface area contributed by atoms with Crippen molar-refractivity contribution >= 4 is 32.2 Å². The molecule has 0 aliphatic carbocycles. The van der Waals surface area contributed by atoms with Crippen LogP contribution in [0.2, 0.25) is 0 Å². The van der Waals surface area contributed by atoms with Gasteiger partial charge in [-0.2, -0.15) is 34.4 Å². The molecule has 0 spiro atoms. The zero-order chi connectivity index (χ0) is 19.4. The van der Waals surface area contributed by atoms with Gasteiger partial charge in [0, 0.05) is 0 Å². The summed E-state index contributed by atoms with van der Waals surface area (Å²) >= 11 is 0. The Hall–Kier alpha value is -1.52. The monoisotopic (exact) mass is 406 g/mol. The van der Waals surface area contributed by atoms with Crippen LogP contribution < -0.4 is 0 Å². The summed E-state index contributed by atoms with van der Waals surface area (Å²) in [6, 6.07) is 0. The molecular weight excluding hydrogens is 396 g/mol. The third-order valence-electron chi connectivity index (χ3n) is 2.09. The van der Waals surface area contributed by atoms with Gasteiger partial charge in [0.25, 0.3) is 0 Å². The predicted octanol–water partition coefficient (Wildman–Crippen LogP) is -0.186. The summed E-state index contributed by atoms with van der Waals surface area (Å²) in [5.41, 5.74) is 0. The van der Waals surface area contributed by atoms with Gasteiger partial charge in [0.1, 0.15) is 0 Å². The van der Waals surface area contributed by atoms with Crippen LogP contribution in [0, 0.1) is 0 Å². The molecule has 0 rings (SSSR count). The number of hydrogen-bond donors (Lipinski definition) is 2. The molecule has 0 aliphatic rings. The van der Waals surface area contributed by atoms with Gasteiger partial charge in [-0.15, -0.1) is 0 Å². The standard InChI is InChI=1S/C8H10F4O10S2/c9-7(10,23(15,16)17)3-21-5(13)1-2-6(14)22-4-8(11,12)24(18,19)20/h1-4H2,(H,15,16,17)(H,18,19,20). The summed E-state index contributed by atoms with van der Waals surface area (Å²) in [5, 5.41) is -9.58. The van der Waals surface area contributed by atoms with Crippen LogP contribution >= 0.6 is 0 Å². The van der Waals surface area contributed by atoms with E-state index in [1.54, 1.807) is 0 Å². The number of carbonyl (C=O) groups is 2. The minimum atomic E-state index is -5.83. The molecule has 16 heteroatoms. The quantitative estimate of drug-likeness (QED) is 0.298. The van der Waals surface area contributed by atoms with Crippen LogP contribution in [0.1, 0.15) is 12.8 Å². The van der Waals surface area contributed by atoms with E-state index in [1.165, 1.54) is 0 Å². The molecule has 0 fully saturated rings. The fraction of sp³-hybridized carbons (Fsp3) is 0.750. The summed E-state index contributed by atoms with van der Waals surface area (Å²) in [6.45, 7) is -4.11. The summed E-state index contributed by atoms with van der Waals surface area (Å²) in [5.74, 6) is -3.12. The molecule has 0 aromatic heterocycles. The highest BCUT2D eigenvalue weighted by Gasteiger charge is 2.46. The van der Waals surface area contributed by atoms with Gasteiger partial charge in [-0.3, -0.25) is 18.7 Å². The Labute approximate surface area is 132 Å². The molecule has 2 N–H and O–H groups in total. The molecule has 24 heavy (non-hydrogen) atoms. The molecule has 10 nitrogen and oxygen atoms in total. The third kappa shape index (κ3) is 6.93. The van der Waals surface area contributed by atoms with E-state index in [-0.39, 0.29) is 0 Å². The van der Waals surface area contributed by atoms with E-state index in [0.29, 0.717) is 0 Å². The van der Waals surface area contributed by atoms with Crippen molar-refractivity contribution in [1.82, 2.24) is 0 Å². The number of rotatable bonds is 9. The highest BCUT2D eigenvalue weighted by Crippen LogP contribution is 2.22. The van der Waals surface area contributed by atoms with E-state index in [4.69, 9.17) is 9.11 Å². The highest BCUT2D eigenvalue weighted by molar-refractivity contribution is 7.87. The number of esters is 2. The van der Waals surface area contributed by atoms with Crippen molar-refractivity contribution in [3.63, 3.8) is 0 Å². The first-order valence-corrected chi connectivity index (χ1v) is 8.38. The van der Waals surface area contributed by atoms with Crippen LogP contribution in [0.25, 0.3) is 0 Å². The SMILES string of the molecule is O=C(CCC(=O)OCC(F)(F)S(=O)(=O)O)OCC(F)(F)S(=O)(=O)O. The van der Waals surface area contributed by atoms with Crippen LogP contribution in [-0.2, 0) is 39.3 Å². The molecule has 0 bridgehead atoms. The largest absolute Gasteiger partial charge is 0.458 e. The molecular formula is C8H10F4O10S2. The topological polar surface area (TPSA) is 161 Å². The Morgan fingerprint density at radius 3 is 1.21 bits per heavy atom. The number of halogens is 4. The lowest BCUT2D eigenvalue weighted by atomic mass is 10.3. The van der Waals surface area contributed by atoms with Gasteiger partial charge >= 0.3 is 42.7 Å². The van der Waals surface area contributed by atoms with Crippen molar-refractivity contribution in [2.24, 2.45) is 0 Å². The van der Waals surface area contributed by atoms with Crippen molar-refractivity contribution in [1.29, 1.82) is 0 Å². The van der Waals surface area contributed by atoms with E-state index < -0.39 is 68.7 Å². The molecule has 142 valence electrons. The van der Waals surface area contributed by atoms with Crippen LogP contribution in [0.3, 0.4) is 0 Å². The lowest BCUT2D eigenvalue weighted by Crippen LogP contribution is -2.35. The van der Waals surface area contributed by atoms with Gasteiger partial charge in [0.2, 0.25) is 0 Å². The summed E-state index contributed by atoms with van der Waals surface area (Å²) in [6.07, 6.45) is -2.00. The van der Waals surface area contributed by atoms with E-state index in [2.05, 4.69) is 9.47 Å². The first kappa shape index (κ1) is 22.5. The van der Waals surface area contributed by atoms with Crippen LogP contribution in [-0.4, -0.2) is 61.6 Å². The van der Waals surface area contributed by atoms with Crippen LogP contribution in [0.5, 0.6) is 0 Å². The molecule has 0 saturated carbocycles. The van der Waals surface area contributed by atoms with E-state index >= 15 is 0 Å². The lowest BCUT2D eigenvalue weighted by molar-refractivity contribution is -0.156. The van der Waals surface area contributed by atoms with Crippen molar-refractivity contribution in [2.75, 3.05) is 13.2 Å². The summed E-state index contributed by atoms with van der Waals surface area (Å²) < 4.78 is 115. The van der Waals surface area contributed by atoms with Gasteiger partial charge in [-0.05, 0) is 0 Å². The second kappa shape index (κ2) is 7.58. The molecule has 0 unspecified atom stereocenters. The Morgan fingerprint density at radius 1 is 0.750 bits per heavy atom. The Balaban J connectivity index is 4.32. The number of carbonyl (C=O) groups excluding carboxylic acids is 2. The minimum absolute atomic E-state index is 1.00. The number of alkyl halides is 4. The maximum atomic E-state index is 12.7. The zero-order valence-corrected chi connectivity index (χ0v) is 13.0.